The SMILES string of the molecule is O=C(CSC1CCCC1)c1cc(Cl)ccc1Cl. The van der Waals surface area contributed by atoms with Gasteiger partial charge in [0.15, 0.2) is 5.78 Å². The van der Waals surface area contributed by atoms with Gasteiger partial charge in [-0.2, -0.15) is 11.8 Å². The lowest BCUT2D eigenvalue weighted by molar-refractivity contribution is 0.102. The summed E-state index contributed by atoms with van der Waals surface area (Å²) in [5.41, 5.74) is 0.546. The average molecular weight is 289 g/mol. The number of benzene rings is 1. The summed E-state index contributed by atoms with van der Waals surface area (Å²) in [5.74, 6) is 0.583. The second-order valence-corrected chi connectivity index (χ2v) is 6.40. The monoisotopic (exact) mass is 288 g/mol. The molecular formula is C13H14Cl2OS. The van der Waals surface area contributed by atoms with E-state index in [0.717, 1.165) is 0 Å². The molecule has 0 heterocycles. The molecule has 1 nitrogen and oxygen atoms in total. The zero-order valence-electron chi connectivity index (χ0n) is 9.42. The van der Waals surface area contributed by atoms with Gasteiger partial charge in [-0.25, -0.2) is 0 Å². The Morgan fingerprint density at radius 2 is 2.00 bits per heavy atom. The van der Waals surface area contributed by atoms with Crippen molar-refractivity contribution in [3.8, 4) is 0 Å². The van der Waals surface area contributed by atoms with Crippen LogP contribution in [0.3, 0.4) is 0 Å². The molecular weight excluding hydrogens is 275 g/mol. The fraction of sp³-hybridized carbons (Fsp3) is 0.462. The predicted molar refractivity (Wildman–Crippen MR) is 75.5 cm³/mol. The Kier molecular flexibility index (Phi) is 4.78. The first kappa shape index (κ1) is 13.3. The molecule has 0 aromatic heterocycles. The zero-order chi connectivity index (χ0) is 12.3. The van der Waals surface area contributed by atoms with Crippen LogP contribution in [0.4, 0.5) is 0 Å². The highest BCUT2D eigenvalue weighted by atomic mass is 35.5. The molecule has 4 heteroatoms. The summed E-state index contributed by atoms with van der Waals surface area (Å²) in [6, 6.07) is 5.03. The highest BCUT2D eigenvalue weighted by molar-refractivity contribution is 8.00. The van der Waals surface area contributed by atoms with Crippen LogP contribution in [0.5, 0.6) is 0 Å². The minimum Gasteiger partial charge on any atom is -0.293 e. The Bertz CT molecular complexity index is 414. The molecule has 0 unspecified atom stereocenters. The van der Waals surface area contributed by atoms with Crippen LogP contribution < -0.4 is 0 Å². The molecule has 1 aromatic rings. The zero-order valence-corrected chi connectivity index (χ0v) is 11.7. The van der Waals surface area contributed by atoms with Crippen LogP contribution in [-0.4, -0.2) is 16.8 Å². The van der Waals surface area contributed by atoms with Crippen LogP contribution in [0.15, 0.2) is 18.2 Å². The fourth-order valence-corrected chi connectivity index (χ4v) is 3.64. The Balaban J connectivity index is 1.96. The van der Waals surface area contributed by atoms with Crippen LogP contribution in [0.1, 0.15) is 36.0 Å². The lowest BCUT2D eigenvalue weighted by Crippen LogP contribution is -2.07. The number of halogens is 2. The average Bonchev–Trinajstić information content (AvgIpc) is 2.82. The topological polar surface area (TPSA) is 17.1 Å². The van der Waals surface area contributed by atoms with Gasteiger partial charge in [0.05, 0.1) is 10.8 Å². The maximum atomic E-state index is 12.0. The van der Waals surface area contributed by atoms with Gasteiger partial charge in [0, 0.05) is 15.8 Å². The van der Waals surface area contributed by atoms with Crippen molar-refractivity contribution in [2.45, 2.75) is 30.9 Å². The molecule has 1 aliphatic rings. The van der Waals surface area contributed by atoms with E-state index in [1.54, 1.807) is 30.0 Å². The van der Waals surface area contributed by atoms with E-state index in [0.29, 0.717) is 26.6 Å². The molecule has 0 aliphatic heterocycles. The Morgan fingerprint density at radius 3 is 2.71 bits per heavy atom. The van der Waals surface area contributed by atoms with Gasteiger partial charge in [0.25, 0.3) is 0 Å². The third kappa shape index (κ3) is 3.64. The van der Waals surface area contributed by atoms with E-state index in [4.69, 9.17) is 23.2 Å². The van der Waals surface area contributed by atoms with Crippen molar-refractivity contribution in [1.29, 1.82) is 0 Å². The predicted octanol–water partition coefficient (Wildman–Crippen LogP) is 4.85. The van der Waals surface area contributed by atoms with Crippen molar-refractivity contribution in [1.82, 2.24) is 0 Å². The van der Waals surface area contributed by atoms with Crippen LogP contribution in [0.2, 0.25) is 10.0 Å². The highest BCUT2D eigenvalue weighted by Gasteiger charge is 2.18. The number of carbonyl (C=O) groups excluding carboxylic acids is 1. The van der Waals surface area contributed by atoms with Gasteiger partial charge < -0.3 is 0 Å². The van der Waals surface area contributed by atoms with Crippen LogP contribution >= 0.6 is 35.0 Å². The van der Waals surface area contributed by atoms with Crippen molar-refractivity contribution >= 4 is 40.7 Å². The molecule has 17 heavy (non-hydrogen) atoms. The molecule has 0 spiro atoms. The molecule has 1 aliphatic carbocycles. The molecule has 1 fully saturated rings. The molecule has 0 bridgehead atoms. The molecule has 2 rings (SSSR count). The Morgan fingerprint density at radius 1 is 1.29 bits per heavy atom. The van der Waals surface area contributed by atoms with E-state index >= 15 is 0 Å². The largest absolute Gasteiger partial charge is 0.293 e. The third-order valence-electron chi connectivity index (χ3n) is 2.98. The van der Waals surface area contributed by atoms with Crippen molar-refractivity contribution < 1.29 is 4.79 Å². The standard InChI is InChI=1S/C13H14Cl2OS/c14-9-5-6-12(15)11(7-9)13(16)8-17-10-3-1-2-4-10/h5-7,10H,1-4,8H2. The quantitative estimate of drug-likeness (QED) is 0.737. The summed E-state index contributed by atoms with van der Waals surface area (Å²) in [7, 11) is 0. The highest BCUT2D eigenvalue weighted by Crippen LogP contribution is 2.30. The van der Waals surface area contributed by atoms with Gasteiger partial charge in [0.2, 0.25) is 0 Å². The normalized spacial score (nSPS) is 16.4. The third-order valence-corrected chi connectivity index (χ3v) is 4.92. The van der Waals surface area contributed by atoms with E-state index < -0.39 is 0 Å². The summed E-state index contributed by atoms with van der Waals surface area (Å²) in [6.07, 6.45) is 5.07. The van der Waals surface area contributed by atoms with E-state index in [9.17, 15) is 4.79 Å². The Hall–Kier alpha value is -0.180. The van der Waals surface area contributed by atoms with Crippen molar-refractivity contribution in [2.24, 2.45) is 0 Å². The molecule has 92 valence electrons. The van der Waals surface area contributed by atoms with Crippen molar-refractivity contribution in [2.75, 3.05) is 5.75 Å². The Labute approximate surface area is 116 Å². The van der Waals surface area contributed by atoms with E-state index in [1.165, 1.54) is 25.7 Å². The van der Waals surface area contributed by atoms with E-state index in [2.05, 4.69) is 0 Å². The van der Waals surface area contributed by atoms with Crippen LogP contribution in [0, 0.1) is 0 Å². The van der Waals surface area contributed by atoms with Gasteiger partial charge >= 0.3 is 0 Å². The van der Waals surface area contributed by atoms with Gasteiger partial charge in [-0.3, -0.25) is 4.79 Å². The summed E-state index contributed by atoms with van der Waals surface area (Å²) >= 11 is 13.6. The molecule has 1 aromatic carbocycles. The molecule has 0 amide bonds. The van der Waals surface area contributed by atoms with Crippen LogP contribution in [-0.2, 0) is 0 Å². The summed E-state index contributed by atoms with van der Waals surface area (Å²) in [5, 5.41) is 1.70. The number of Topliss-reactive ketones (excluding diaryl/α,β-unsaturated/α-hetero) is 1. The van der Waals surface area contributed by atoms with Gasteiger partial charge in [-0.1, -0.05) is 36.0 Å². The number of hydrogen-bond acceptors (Lipinski definition) is 2. The summed E-state index contributed by atoms with van der Waals surface area (Å²) < 4.78 is 0. The maximum Gasteiger partial charge on any atom is 0.174 e. The first-order chi connectivity index (χ1) is 8.16. The summed E-state index contributed by atoms with van der Waals surface area (Å²) in [6.45, 7) is 0. The van der Waals surface area contributed by atoms with Gasteiger partial charge in [-0.05, 0) is 31.0 Å². The second-order valence-electron chi connectivity index (χ2n) is 4.26. The van der Waals surface area contributed by atoms with E-state index in [1.807, 2.05) is 0 Å². The van der Waals surface area contributed by atoms with Crippen molar-refractivity contribution in [3.63, 3.8) is 0 Å². The molecule has 1 saturated carbocycles. The molecule has 0 saturated heterocycles. The fourth-order valence-electron chi connectivity index (χ4n) is 2.04. The first-order valence-corrected chi connectivity index (χ1v) is 7.57. The lowest BCUT2D eigenvalue weighted by Gasteiger charge is -2.08. The number of rotatable bonds is 4. The van der Waals surface area contributed by atoms with Gasteiger partial charge in [-0.15, -0.1) is 0 Å². The van der Waals surface area contributed by atoms with Crippen molar-refractivity contribution in [3.05, 3.63) is 33.8 Å². The number of hydrogen-bond donors (Lipinski definition) is 0. The van der Waals surface area contributed by atoms with Gasteiger partial charge in [0.1, 0.15) is 0 Å². The number of thioether (sulfide) groups is 1. The number of ketones is 1. The molecule has 0 radical (unpaired) electrons. The lowest BCUT2D eigenvalue weighted by atomic mass is 10.1. The number of carbonyl (C=O) groups is 1. The first-order valence-electron chi connectivity index (χ1n) is 5.76. The molecule has 0 N–H and O–H groups in total. The smallest absolute Gasteiger partial charge is 0.174 e. The van der Waals surface area contributed by atoms with E-state index in [-0.39, 0.29) is 5.78 Å². The minimum absolute atomic E-state index is 0.0781. The molecule has 0 atom stereocenters. The minimum atomic E-state index is 0.0781. The summed E-state index contributed by atoms with van der Waals surface area (Å²) in [4.78, 5) is 12.0. The maximum absolute atomic E-state index is 12.0. The van der Waals surface area contributed by atoms with Crippen LogP contribution in [0.25, 0.3) is 0 Å². The second kappa shape index (κ2) is 6.12.